The van der Waals surface area contributed by atoms with Crippen LogP contribution in [0.5, 0.6) is 0 Å². The fourth-order valence-electron chi connectivity index (χ4n) is 3.09. The summed E-state index contributed by atoms with van der Waals surface area (Å²) >= 11 is 0. The zero-order valence-electron chi connectivity index (χ0n) is 13.4. The lowest BCUT2D eigenvalue weighted by Gasteiger charge is -2.28. The van der Waals surface area contributed by atoms with Gasteiger partial charge in [0.25, 0.3) is 0 Å². The minimum atomic E-state index is 0.756. The van der Waals surface area contributed by atoms with Crippen molar-refractivity contribution < 1.29 is 0 Å². The van der Waals surface area contributed by atoms with Crippen LogP contribution in [0.1, 0.15) is 0 Å². The van der Waals surface area contributed by atoms with Crippen LogP contribution in [0.4, 0.5) is 11.5 Å². The van der Waals surface area contributed by atoms with Crippen LogP contribution in [-0.4, -0.2) is 41.4 Å². The lowest BCUT2D eigenvalue weighted by molar-refractivity contribution is 0.585. The predicted molar refractivity (Wildman–Crippen MR) is 96.7 cm³/mol. The monoisotopic (exact) mass is 320 g/mol. The molecule has 122 valence electrons. The molecule has 3 heterocycles. The Balaban J connectivity index is 1.84. The first-order valence-corrected chi connectivity index (χ1v) is 8.13. The van der Waals surface area contributed by atoms with E-state index in [-0.39, 0.29) is 0 Å². The lowest BCUT2D eigenvalue weighted by atomic mass is 10.0. The third kappa shape index (κ3) is 2.72. The van der Waals surface area contributed by atoms with Crippen LogP contribution in [0.3, 0.4) is 0 Å². The molecule has 0 aliphatic carbocycles. The Labute approximate surface area is 140 Å². The van der Waals surface area contributed by atoms with E-state index >= 15 is 0 Å². The maximum atomic E-state index is 5.83. The van der Waals surface area contributed by atoms with Crippen LogP contribution in [-0.2, 0) is 0 Å². The molecule has 0 atom stereocenters. The van der Waals surface area contributed by atoms with E-state index in [9.17, 15) is 0 Å². The van der Waals surface area contributed by atoms with Gasteiger partial charge < -0.3 is 16.0 Å². The second-order valence-electron chi connectivity index (χ2n) is 5.89. The maximum Gasteiger partial charge on any atom is 0.159 e. The molecule has 0 radical (unpaired) electrons. The van der Waals surface area contributed by atoms with E-state index < -0.39 is 0 Å². The minimum Gasteiger partial charge on any atom is -0.399 e. The number of nitrogens with zero attached hydrogens (tertiary/aromatic N) is 3. The number of benzene rings is 1. The zero-order chi connectivity index (χ0) is 16.4. The van der Waals surface area contributed by atoms with Gasteiger partial charge in [-0.1, -0.05) is 12.1 Å². The number of pyridine rings is 1. The molecule has 0 bridgehead atoms. The molecule has 3 aromatic rings. The van der Waals surface area contributed by atoms with Crippen molar-refractivity contribution in [3.63, 3.8) is 0 Å². The average molecular weight is 320 g/mol. The number of piperazine rings is 1. The van der Waals surface area contributed by atoms with Crippen molar-refractivity contribution >= 4 is 11.5 Å². The highest BCUT2D eigenvalue weighted by molar-refractivity contribution is 5.89. The van der Waals surface area contributed by atoms with E-state index in [0.29, 0.717) is 0 Å². The molecule has 6 nitrogen and oxygen atoms in total. The number of rotatable bonds is 3. The Morgan fingerprint density at radius 3 is 2.33 bits per heavy atom. The molecule has 1 aliphatic rings. The van der Waals surface area contributed by atoms with Gasteiger partial charge >= 0.3 is 0 Å². The molecule has 1 aliphatic heterocycles. The molecule has 2 aromatic heterocycles. The van der Waals surface area contributed by atoms with Gasteiger partial charge in [-0.15, -0.1) is 0 Å². The Morgan fingerprint density at radius 2 is 1.62 bits per heavy atom. The molecular formula is C18H20N6. The van der Waals surface area contributed by atoms with Crippen molar-refractivity contribution in [2.45, 2.75) is 0 Å². The van der Waals surface area contributed by atoms with Gasteiger partial charge in [0.15, 0.2) is 5.82 Å². The second-order valence-corrected chi connectivity index (χ2v) is 5.89. The Bertz CT molecular complexity index is 803. The summed E-state index contributed by atoms with van der Waals surface area (Å²) in [5.74, 6) is 0.995. The van der Waals surface area contributed by atoms with Crippen molar-refractivity contribution in [2.75, 3.05) is 36.8 Å². The fourth-order valence-corrected chi connectivity index (χ4v) is 3.09. The van der Waals surface area contributed by atoms with E-state index in [1.807, 2.05) is 48.8 Å². The van der Waals surface area contributed by atoms with Crippen LogP contribution in [0.15, 0.2) is 48.8 Å². The summed E-state index contributed by atoms with van der Waals surface area (Å²) in [6.45, 7) is 3.84. The first kappa shape index (κ1) is 14.7. The molecule has 24 heavy (non-hydrogen) atoms. The number of aromatic amines is 1. The number of aromatic nitrogens is 3. The molecule has 0 spiro atoms. The average Bonchev–Trinajstić information content (AvgIpc) is 3.09. The molecule has 4 rings (SSSR count). The first-order valence-electron chi connectivity index (χ1n) is 8.13. The molecule has 6 heteroatoms. The predicted octanol–water partition coefficient (Wildman–Crippen LogP) is 2.13. The lowest BCUT2D eigenvalue weighted by Crippen LogP contribution is -2.43. The minimum absolute atomic E-state index is 0.756. The van der Waals surface area contributed by atoms with Gasteiger partial charge in [0, 0.05) is 49.8 Å². The van der Waals surface area contributed by atoms with Crippen LogP contribution >= 0.6 is 0 Å². The van der Waals surface area contributed by atoms with E-state index in [2.05, 4.69) is 25.4 Å². The van der Waals surface area contributed by atoms with Gasteiger partial charge in [0.05, 0.1) is 11.3 Å². The van der Waals surface area contributed by atoms with E-state index in [1.54, 1.807) is 0 Å². The maximum absolute atomic E-state index is 5.83. The molecule has 1 aromatic carbocycles. The third-order valence-electron chi connectivity index (χ3n) is 4.33. The highest BCUT2D eigenvalue weighted by Crippen LogP contribution is 2.37. The van der Waals surface area contributed by atoms with Gasteiger partial charge in [-0.2, -0.15) is 5.10 Å². The Hall–Kier alpha value is -2.86. The van der Waals surface area contributed by atoms with E-state index in [0.717, 1.165) is 60.1 Å². The molecule has 1 saturated heterocycles. The number of nitrogen functional groups attached to an aromatic ring is 1. The first-order chi connectivity index (χ1) is 11.8. The van der Waals surface area contributed by atoms with Gasteiger partial charge in [0.2, 0.25) is 0 Å². The molecule has 1 fully saturated rings. The summed E-state index contributed by atoms with van der Waals surface area (Å²) in [4.78, 5) is 6.46. The summed E-state index contributed by atoms with van der Waals surface area (Å²) < 4.78 is 0. The van der Waals surface area contributed by atoms with Gasteiger partial charge in [0.1, 0.15) is 0 Å². The number of anilines is 2. The third-order valence-corrected chi connectivity index (χ3v) is 4.33. The highest BCUT2D eigenvalue weighted by atomic mass is 15.3. The SMILES string of the molecule is Nc1ccc(-c2[nH]nc(N3CCNCC3)c2-c2ccncc2)cc1. The van der Waals surface area contributed by atoms with Gasteiger partial charge in [-0.3, -0.25) is 10.1 Å². The fraction of sp³-hybridized carbons (Fsp3) is 0.222. The summed E-state index contributed by atoms with van der Waals surface area (Å²) in [5, 5.41) is 11.3. The number of hydrogen-bond acceptors (Lipinski definition) is 5. The number of nitrogens with two attached hydrogens (primary N) is 1. The molecule has 0 unspecified atom stereocenters. The van der Waals surface area contributed by atoms with Crippen molar-refractivity contribution in [1.29, 1.82) is 0 Å². The van der Waals surface area contributed by atoms with Crippen LogP contribution in [0, 0.1) is 0 Å². The summed E-state index contributed by atoms with van der Waals surface area (Å²) in [6.07, 6.45) is 3.63. The largest absolute Gasteiger partial charge is 0.399 e. The van der Waals surface area contributed by atoms with Crippen LogP contribution < -0.4 is 16.0 Å². The topological polar surface area (TPSA) is 82.9 Å². The summed E-state index contributed by atoms with van der Waals surface area (Å²) in [6, 6.07) is 11.9. The Kier molecular flexibility index (Phi) is 3.88. The van der Waals surface area contributed by atoms with E-state index in [1.165, 1.54) is 0 Å². The van der Waals surface area contributed by atoms with Crippen LogP contribution in [0.2, 0.25) is 0 Å². The summed E-state index contributed by atoms with van der Waals surface area (Å²) in [7, 11) is 0. The molecule has 0 saturated carbocycles. The van der Waals surface area contributed by atoms with Crippen molar-refractivity contribution in [2.24, 2.45) is 0 Å². The number of nitrogens with one attached hydrogen (secondary N) is 2. The van der Waals surface area contributed by atoms with Crippen molar-refractivity contribution in [3.05, 3.63) is 48.8 Å². The van der Waals surface area contributed by atoms with E-state index in [4.69, 9.17) is 5.73 Å². The highest BCUT2D eigenvalue weighted by Gasteiger charge is 2.22. The quantitative estimate of drug-likeness (QED) is 0.644. The standard InChI is InChI=1S/C18H20N6/c19-15-3-1-14(2-4-15)17-16(13-5-7-20-8-6-13)18(23-22-17)24-11-9-21-10-12-24/h1-8,21H,9-12,19H2,(H,22,23). The molecule has 0 amide bonds. The normalized spacial score (nSPS) is 14.8. The Morgan fingerprint density at radius 1 is 0.917 bits per heavy atom. The van der Waals surface area contributed by atoms with Gasteiger partial charge in [-0.05, 0) is 29.8 Å². The van der Waals surface area contributed by atoms with Gasteiger partial charge in [-0.25, -0.2) is 0 Å². The van der Waals surface area contributed by atoms with Crippen molar-refractivity contribution in [1.82, 2.24) is 20.5 Å². The van der Waals surface area contributed by atoms with Crippen LogP contribution in [0.25, 0.3) is 22.4 Å². The molecule has 4 N–H and O–H groups in total. The van der Waals surface area contributed by atoms with Crippen molar-refractivity contribution in [3.8, 4) is 22.4 Å². The number of hydrogen-bond donors (Lipinski definition) is 3. The number of H-pyrrole nitrogens is 1. The smallest absolute Gasteiger partial charge is 0.159 e. The zero-order valence-corrected chi connectivity index (χ0v) is 13.4. The second kappa shape index (κ2) is 6.33. The summed E-state index contributed by atoms with van der Waals surface area (Å²) in [5.41, 5.74) is 10.9. The molecular weight excluding hydrogens is 300 g/mol.